The fourth-order valence-electron chi connectivity index (χ4n) is 1.78. The standard InChI is InChI=1S/C8H14N2O6/c1-3(12)9-7-6(14)5(13)4(2-11)15-8(7)10-16-8/h4-7,10-11,13-14H,2H2,1H3,(H,9,12)/t4-,5-,6+,7-,8+/m1/s1. The maximum Gasteiger partial charge on any atom is 0.290 e. The molecule has 0 unspecified atom stereocenters. The summed E-state index contributed by atoms with van der Waals surface area (Å²) in [7, 11) is 0. The van der Waals surface area contributed by atoms with Crippen LogP contribution in [0, 0.1) is 0 Å². The minimum absolute atomic E-state index is 0.390. The molecule has 0 aromatic heterocycles. The molecular formula is C8H14N2O6. The van der Waals surface area contributed by atoms with Gasteiger partial charge in [-0.1, -0.05) is 0 Å². The van der Waals surface area contributed by atoms with Gasteiger partial charge < -0.3 is 25.4 Å². The molecule has 2 aliphatic rings. The summed E-state index contributed by atoms with van der Waals surface area (Å²) in [5, 5.41) is 30.8. The lowest BCUT2D eigenvalue weighted by Gasteiger charge is -2.39. The van der Waals surface area contributed by atoms with Crippen molar-refractivity contribution >= 4 is 5.91 Å². The number of hydrogen-bond acceptors (Lipinski definition) is 7. The van der Waals surface area contributed by atoms with Crippen molar-refractivity contribution in [2.75, 3.05) is 6.61 Å². The van der Waals surface area contributed by atoms with Crippen molar-refractivity contribution in [3.8, 4) is 0 Å². The lowest BCUT2D eigenvalue weighted by atomic mass is 9.95. The first-order chi connectivity index (χ1) is 7.50. The molecule has 2 rings (SSSR count). The molecule has 0 saturated carbocycles. The number of aliphatic hydroxyl groups excluding tert-OH is 3. The van der Waals surface area contributed by atoms with Gasteiger partial charge in [0.1, 0.15) is 24.4 Å². The molecule has 2 aliphatic heterocycles. The Kier molecular flexibility index (Phi) is 2.86. The van der Waals surface area contributed by atoms with Crippen LogP contribution in [0.5, 0.6) is 0 Å². The van der Waals surface area contributed by atoms with Crippen LogP contribution in [0.25, 0.3) is 0 Å². The van der Waals surface area contributed by atoms with Gasteiger partial charge in [0.25, 0.3) is 5.91 Å². The maximum atomic E-state index is 10.9. The number of hydrogen-bond donors (Lipinski definition) is 5. The molecular weight excluding hydrogens is 220 g/mol. The Morgan fingerprint density at radius 3 is 2.56 bits per heavy atom. The predicted octanol–water partition coefficient (Wildman–Crippen LogP) is -3.21. The molecule has 1 amide bonds. The number of amides is 1. The molecule has 0 aromatic carbocycles. The highest BCUT2D eigenvalue weighted by atomic mass is 16.9. The van der Waals surface area contributed by atoms with E-state index in [0.29, 0.717) is 0 Å². The van der Waals surface area contributed by atoms with Gasteiger partial charge in [-0.3, -0.25) is 4.79 Å². The van der Waals surface area contributed by atoms with E-state index in [1.165, 1.54) is 6.92 Å². The zero-order valence-electron chi connectivity index (χ0n) is 8.58. The summed E-state index contributed by atoms with van der Waals surface area (Å²) in [5.41, 5.74) is 2.40. The van der Waals surface area contributed by atoms with Gasteiger partial charge in [-0.2, -0.15) is 0 Å². The molecule has 2 fully saturated rings. The summed E-state index contributed by atoms with van der Waals surface area (Å²) >= 11 is 0. The van der Waals surface area contributed by atoms with Crippen LogP contribution >= 0.6 is 0 Å². The molecule has 2 heterocycles. The third-order valence-corrected chi connectivity index (χ3v) is 2.65. The molecule has 2 saturated heterocycles. The zero-order valence-corrected chi connectivity index (χ0v) is 8.58. The van der Waals surface area contributed by atoms with Crippen molar-refractivity contribution < 1.29 is 29.7 Å². The van der Waals surface area contributed by atoms with Crippen LogP contribution in [0.1, 0.15) is 6.92 Å². The van der Waals surface area contributed by atoms with Gasteiger partial charge in [-0.05, 0) is 0 Å². The first-order valence-electron chi connectivity index (χ1n) is 4.87. The smallest absolute Gasteiger partial charge is 0.290 e. The molecule has 0 bridgehead atoms. The first kappa shape index (κ1) is 11.7. The van der Waals surface area contributed by atoms with Crippen LogP contribution < -0.4 is 10.8 Å². The molecule has 0 radical (unpaired) electrons. The molecule has 0 aromatic rings. The van der Waals surface area contributed by atoms with Crippen molar-refractivity contribution in [3.05, 3.63) is 0 Å². The maximum absolute atomic E-state index is 10.9. The van der Waals surface area contributed by atoms with E-state index in [9.17, 15) is 15.0 Å². The molecule has 1 spiro atoms. The highest BCUT2D eigenvalue weighted by Gasteiger charge is 2.64. The lowest BCUT2D eigenvalue weighted by molar-refractivity contribution is -0.234. The van der Waals surface area contributed by atoms with Crippen LogP contribution in [-0.4, -0.2) is 58.1 Å². The van der Waals surface area contributed by atoms with E-state index >= 15 is 0 Å². The van der Waals surface area contributed by atoms with Gasteiger partial charge in [0.2, 0.25) is 5.91 Å². The number of ether oxygens (including phenoxy) is 1. The molecule has 5 N–H and O–H groups in total. The van der Waals surface area contributed by atoms with Gasteiger partial charge in [-0.25, -0.2) is 4.84 Å². The quantitative estimate of drug-likeness (QED) is 0.317. The van der Waals surface area contributed by atoms with E-state index < -0.39 is 36.9 Å². The van der Waals surface area contributed by atoms with Crippen LogP contribution in [0.4, 0.5) is 0 Å². The monoisotopic (exact) mass is 234 g/mol. The number of nitrogens with one attached hydrogen (secondary N) is 2. The van der Waals surface area contributed by atoms with Crippen molar-refractivity contribution in [1.29, 1.82) is 0 Å². The fourth-order valence-corrected chi connectivity index (χ4v) is 1.78. The van der Waals surface area contributed by atoms with Gasteiger partial charge in [0.15, 0.2) is 0 Å². The highest BCUT2D eigenvalue weighted by molar-refractivity contribution is 5.73. The highest BCUT2D eigenvalue weighted by Crippen LogP contribution is 2.35. The van der Waals surface area contributed by atoms with Crippen LogP contribution in [-0.2, 0) is 14.4 Å². The van der Waals surface area contributed by atoms with E-state index in [0.717, 1.165) is 0 Å². The third kappa shape index (κ3) is 1.79. The number of carbonyl (C=O) groups is 1. The third-order valence-electron chi connectivity index (χ3n) is 2.65. The second-order valence-electron chi connectivity index (χ2n) is 3.87. The fraction of sp³-hybridized carbons (Fsp3) is 0.875. The van der Waals surface area contributed by atoms with Crippen molar-refractivity contribution in [1.82, 2.24) is 10.8 Å². The number of hydroxylamine groups is 1. The predicted molar refractivity (Wildman–Crippen MR) is 48.5 cm³/mol. The molecule has 5 atom stereocenters. The Bertz CT molecular complexity index is 294. The Hall–Kier alpha value is -0.770. The topological polar surface area (TPSA) is 133 Å². The van der Waals surface area contributed by atoms with Crippen LogP contribution in [0.2, 0.25) is 0 Å². The summed E-state index contributed by atoms with van der Waals surface area (Å²) in [5.74, 6) is -1.74. The number of carbonyl (C=O) groups excluding carboxylic acids is 1. The second kappa shape index (κ2) is 3.91. The molecule has 0 aliphatic carbocycles. The summed E-state index contributed by atoms with van der Waals surface area (Å²) in [6.45, 7) is 0.811. The van der Waals surface area contributed by atoms with Crippen LogP contribution in [0.15, 0.2) is 0 Å². The lowest BCUT2D eigenvalue weighted by Crippen LogP contribution is -2.66. The summed E-state index contributed by atoms with van der Waals surface area (Å²) in [6.07, 6.45) is -3.54. The second-order valence-corrected chi connectivity index (χ2v) is 3.87. The van der Waals surface area contributed by atoms with Crippen molar-refractivity contribution in [2.45, 2.75) is 37.2 Å². The zero-order chi connectivity index (χ0) is 11.9. The largest absolute Gasteiger partial charge is 0.394 e. The SMILES string of the molecule is CC(=O)N[C@@H]1[C@@H](O)[C@H](O)[C@@H](CO)O[C@@]12NO2. The number of aliphatic hydroxyl groups is 3. The Balaban J connectivity index is 2.15. The summed E-state index contributed by atoms with van der Waals surface area (Å²) < 4.78 is 5.22. The minimum atomic E-state index is -1.35. The first-order valence-corrected chi connectivity index (χ1v) is 4.87. The van der Waals surface area contributed by atoms with Crippen molar-refractivity contribution in [3.63, 3.8) is 0 Å². The van der Waals surface area contributed by atoms with Gasteiger partial charge >= 0.3 is 0 Å². The van der Waals surface area contributed by atoms with Crippen LogP contribution in [0.3, 0.4) is 0 Å². The van der Waals surface area contributed by atoms with Gasteiger partial charge in [-0.15, -0.1) is 5.48 Å². The average Bonchev–Trinajstić information content (AvgIpc) is 2.99. The Morgan fingerprint density at radius 1 is 1.50 bits per heavy atom. The Labute approximate surface area is 91.1 Å². The van der Waals surface area contributed by atoms with E-state index in [1.54, 1.807) is 0 Å². The molecule has 8 nitrogen and oxygen atoms in total. The molecule has 92 valence electrons. The van der Waals surface area contributed by atoms with E-state index in [2.05, 4.69) is 10.8 Å². The van der Waals surface area contributed by atoms with E-state index in [1.807, 2.05) is 0 Å². The van der Waals surface area contributed by atoms with Gasteiger partial charge in [0, 0.05) is 6.92 Å². The minimum Gasteiger partial charge on any atom is -0.394 e. The van der Waals surface area contributed by atoms with E-state index in [4.69, 9.17) is 14.7 Å². The Morgan fingerprint density at radius 2 is 2.12 bits per heavy atom. The average molecular weight is 234 g/mol. The van der Waals surface area contributed by atoms with Gasteiger partial charge in [0.05, 0.1) is 6.61 Å². The van der Waals surface area contributed by atoms with E-state index in [-0.39, 0.29) is 5.91 Å². The normalized spacial score (nSPS) is 46.8. The van der Waals surface area contributed by atoms with Crippen molar-refractivity contribution in [2.24, 2.45) is 0 Å². The number of rotatable bonds is 2. The molecule has 8 heteroatoms. The summed E-state index contributed by atoms with van der Waals surface area (Å²) in [4.78, 5) is 15.8. The molecule has 16 heavy (non-hydrogen) atoms. The summed E-state index contributed by atoms with van der Waals surface area (Å²) in [6, 6.07) is -0.928.